The van der Waals surface area contributed by atoms with Gasteiger partial charge in [-0.15, -0.1) is 11.3 Å². The summed E-state index contributed by atoms with van der Waals surface area (Å²) in [6.45, 7) is 6.68. The highest BCUT2D eigenvalue weighted by molar-refractivity contribution is 7.12. The highest BCUT2D eigenvalue weighted by Crippen LogP contribution is 2.30. The third-order valence-corrected chi connectivity index (χ3v) is 5.09. The zero-order valence-corrected chi connectivity index (χ0v) is 14.6. The third-order valence-electron chi connectivity index (χ3n) is 4.12. The van der Waals surface area contributed by atoms with Gasteiger partial charge in [-0.3, -0.25) is 0 Å². The third kappa shape index (κ3) is 5.00. The molecule has 0 N–H and O–H groups in total. The van der Waals surface area contributed by atoms with Gasteiger partial charge in [0.2, 0.25) is 0 Å². The molecule has 0 amide bonds. The SMILES string of the molecule is CCCCCCCCc1ccc(-c2cc(C)sc2C)cc1. The van der Waals surface area contributed by atoms with Gasteiger partial charge in [0.1, 0.15) is 0 Å². The Morgan fingerprint density at radius 1 is 0.857 bits per heavy atom. The lowest BCUT2D eigenvalue weighted by Gasteiger charge is -2.05. The van der Waals surface area contributed by atoms with Crippen LogP contribution in [0.5, 0.6) is 0 Å². The standard InChI is InChI=1S/C20H28S/c1-4-5-6-7-8-9-10-18-11-13-19(14-12-18)20-15-16(2)21-17(20)3/h11-15H,4-10H2,1-3H3. The van der Waals surface area contributed by atoms with Gasteiger partial charge >= 0.3 is 0 Å². The largest absolute Gasteiger partial charge is 0.145 e. The van der Waals surface area contributed by atoms with E-state index in [0.29, 0.717) is 0 Å². The maximum absolute atomic E-state index is 2.31. The molecule has 0 radical (unpaired) electrons. The first-order valence-corrected chi connectivity index (χ1v) is 9.18. The van der Waals surface area contributed by atoms with Crippen LogP contribution in [0.3, 0.4) is 0 Å². The van der Waals surface area contributed by atoms with Crippen molar-refractivity contribution in [3.05, 3.63) is 45.6 Å². The van der Waals surface area contributed by atoms with E-state index in [0.717, 1.165) is 0 Å². The Hall–Kier alpha value is -1.08. The summed E-state index contributed by atoms with van der Waals surface area (Å²) in [5.41, 5.74) is 4.26. The van der Waals surface area contributed by atoms with Crippen molar-refractivity contribution in [3.8, 4) is 11.1 Å². The van der Waals surface area contributed by atoms with E-state index >= 15 is 0 Å². The predicted octanol–water partition coefficient (Wildman–Crippen LogP) is 6.93. The first-order valence-electron chi connectivity index (χ1n) is 8.37. The molecule has 0 fully saturated rings. The molecule has 0 atom stereocenters. The molecule has 0 unspecified atom stereocenters. The van der Waals surface area contributed by atoms with Crippen LogP contribution in [-0.4, -0.2) is 0 Å². The second-order valence-corrected chi connectivity index (χ2v) is 7.50. The molecule has 2 aromatic rings. The molecule has 0 aliphatic heterocycles. The number of hydrogen-bond acceptors (Lipinski definition) is 1. The topological polar surface area (TPSA) is 0 Å². The minimum atomic E-state index is 1.23. The fraction of sp³-hybridized carbons (Fsp3) is 0.500. The number of aryl methyl sites for hydroxylation is 3. The summed E-state index contributed by atoms with van der Waals surface area (Å²) in [4.78, 5) is 2.83. The fourth-order valence-electron chi connectivity index (χ4n) is 2.88. The van der Waals surface area contributed by atoms with Gasteiger partial charge < -0.3 is 0 Å². The fourth-order valence-corrected chi connectivity index (χ4v) is 3.82. The molecule has 0 saturated heterocycles. The zero-order valence-electron chi connectivity index (χ0n) is 13.7. The van der Waals surface area contributed by atoms with E-state index in [1.165, 1.54) is 71.4 Å². The van der Waals surface area contributed by atoms with Crippen molar-refractivity contribution in [1.29, 1.82) is 0 Å². The smallest absolute Gasteiger partial charge is 0.00954 e. The summed E-state index contributed by atoms with van der Waals surface area (Å²) < 4.78 is 0. The van der Waals surface area contributed by atoms with Crippen molar-refractivity contribution in [3.63, 3.8) is 0 Å². The van der Waals surface area contributed by atoms with E-state index in [9.17, 15) is 0 Å². The second-order valence-electron chi connectivity index (χ2n) is 6.04. The van der Waals surface area contributed by atoms with Gasteiger partial charge in [0.25, 0.3) is 0 Å². The van der Waals surface area contributed by atoms with Crippen LogP contribution in [0.1, 0.15) is 60.8 Å². The van der Waals surface area contributed by atoms with E-state index < -0.39 is 0 Å². The molecule has 0 aliphatic rings. The molecule has 0 nitrogen and oxygen atoms in total. The van der Waals surface area contributed by atoms with Gasteiger partial charge in [-0.2, -0.15) is 0 Å². The summed E-state index contributed by atoms with van der Waals surface area (Å²) in [5, 5.41) is 0. The first kappa shape index (κ1) is 16.3. The van der Waals surface area contributed by atoms with E-state index in [2.05, 4.69) is 51.1 Å². The van der Waals surface area contributed by atoms with Gasteiger partial charge in [-0.25, -0.2) is 0 Å². The summed E-state index contributed by atoms with van der Waals surface area (Å²) in [6.07, 6.45) is 9.49. The molecular weight excluding hydrogens is 272 g/mol. The van der Waals surface area contributed by atoms with Crippen molar-refractivity contribution in [2.24, 2.45) is 0 Å². The maximum atomic E-state index is 2.31. The molecule has 0 saturated carbocycles. The first-order chi connectivity index (χ1) is 10.2. The van der Waals surface area contributed by atoms with E-state index in [1.807, 2.05) is 11.3 Å². The second kappa shape index (κ2) is 8.38. The predicted molar refractivity (Wildman–Crippen MR) is 96.3 cm³/mol. The van der Waals surface area contributed by atoms with Crippen molar-refractivity contribution in [1.82, 2.24) is 0 Å². The molecule has 2 rings (SSSR count). The molecule has 0 aliphatic carbocycles. The van der Waals surface area contributed by atoms with Crippen molar-refractivity contribution >= 4 is 11.3 Å². The quantitative estimate of drug-likeness (QED) is 0.463. The number of benzene rings is 1. The van der Waals surface area contributed by atoms with Crippen molar-refractivity contribution in [2.75, 3.05) is 0 Å². The van der Waals surface area contributed by atoms with Gasteiger partial charge in [-0.05, 0) is 49.4 Å². The van der Waals surface area contributed by atoms with Gasteiger partial charge in [0, 0.05) is 9.75 Å². The van der Waals surface area contributed by atoms with Crippen LogP contribution in [0, 0.1) is 13.8 Å². The van der Waals surface area contributed by atoms with E-state index in [1.54, 1.807) is 0 Å². The number of rotatable bonds is 8. The van der Waals surface area contributed by atoms with E-state index in [4.69, 9.17) is 0 Å². The molecule has 114 valence electrons. The van der Waals surface area contributed by atoms with Crippen molar-refractivity contribution < 1.29 is 0 Å². The number of hydrogen-bond donors (Lipinski definition) is 0. The summed E-state index contributed by atoms with van der Waals surface area (Å²) in [6, 6.07) is 11.5. The Labute approximate surface area is 134 Å². The van der Waals surface area contributed by atoms with Crippen LogP contribution in [0.4, 0.5) is 0 Å². The monoisotopic (exact) mass is 300 g/mol. The van der Waals surface area contributed by atoms with Gasteiger partial charge in [0.05, 0.1) is 0 Å². The molecule has 1 heterocycles. The Bertz CT molecular complexity index is 533. The minimum absolute atomic E-state index is 1.23. The van der Waals surface area contributed by atoms with Crippen LogP contribution in [0.15, 0.2) is 30.3 Å². The molecule has 0 spiro atoms. The number of unbranched alkanes of at least 4 members (excludes halogenated alkanes) is 5. The lowest BCUT2D eigenvalue weighted by Crippen LogP contribution is -1.87. The lowest BCUT2D eigenvalue weighted by molar-refractivity contribution is 0.607. The van der Waals surface area contributed by atoms with Crippen LogP contribution in [-0.2, 0) is 6.42 Å². The Morgan fingerprint density at radius 2 is 1.52 bits per heavy atom. The average molecular weight is 301 g/mol. The summed E-state index contributed by atoms with van der Waals surface area (Å²) in [7, 11) is 0. The lowest BCUT2D eigenvalue weighted by atomic mass is 10.0. The van der Waals surface area contributed by atoms with Crippen molar-refractivity contribution in [2.45, 2.75) is 65.7 Å². The van der Waals surface area contributed by atoms with Crippen LogP contribution < -0.4 is 0 Å². The number of thiophene rings is 1. The minimum Gasteiger partial charge on any atom is -0.145 e. The van der Waals surface area contributed by atoms with Crippen LogP contribution in [0.2, 0.25) is 0 Å². The molecular formula is C20H28S. The normalized spacial score (nSPS) is 11.0. The highest BCUT2D eigenvalue weighted by Gasteiger charge is 2.05. The van der Waals surface area contributed by atoms with Crippen LogP contribution >= 0.6 is 11.3 Å². The maximum Gasteiger partial charge on any atom is 0.00954 e. The molecule has 21 heavy (non-hydrogen) atoms. The zero-order chi connectivity index (χ0) is 15.1. The molecule has 0 bridgehead atoms. The Morgan fingerprint density at radius 3 is 2.14 bits per heavy atom. The highest BCUT2D eigenvalue weighted by atomic mass is 32.1. The van der Waals surface area contributed by atoms with Gasteiger partial charge in [0.15, 0.2) is 0 Å². The van der Waals surface area contributed by atoms with Gasteiger partial charge in [-0.1, -0.05) is 63.3 Å². The summed E-state index contributed by atoms with van der Waals surface area (Å²) in [5.74, 6) is 0. The molecule has 1 heteroatoms. The molecule has 1 aromatic carbocycles. The molecule has 1 aromatic heterocycles. The Balaban J connectivity index is 1.83. The average Bonchev–Trinajstić information content (AvgIpc) is 2.82. The summed E-state index contributed by atoms with van der Waals surface area (Å²) >= 11 is 1.89. The van der Waals surface area contributed by atoms with Crippen LogP contribution in [0.25, 0.3) is 11.1 Å². The van der Waals surface area contributed by atoms with E-state index in [-0.39, 0.29) is 0 Å². The Kier molecular flexibility index (Phi) is 6.50.